The Morgan fingerprint density at radius 2 is 0.922 bits per heavy atom. The van der Waals surface area contributed by atoms with Crippen molar-refractivity contribution < 1.29 is 25.7 Å². The average molecular weight is 757 g/mol. The van der Waals surface area contributed by atoms with Gasteiger partial charge in [0, 0.05) is 0 Å². The molecular formula is C46H60O2S2Ti. The third kappa shape index (κ3) is 8.20. The van der Waals surface area contributed by atoms with Crippen LogP contribution in [0.25, 0.3) is 22.3 Å². The van der Waals surface area contributed by atoms with E-state index in [1.54, 1.807) is 0 Å². The quantitative estimate of drug-likeness (QED) is 0.192. The van der Waals surface area contributed by atoms with Gasteiger partial charge in [0.05, 0.1) is 0 Å². The Kier molecular flexibility index (Phi) is 11.6. The van der Waals surface area contributed by atoms with Gasteiger partial charge >= 0.3 is 321 Å². The Morgan fingerprint density at radius 3 is 1.25 bits per heavy atom. The molecular weight excluding hydrogens is 697 g/mol. The van der Waals surface area contributed by atoms with Crippen molar-refractivity contribution in [2.45, 2.75) is 141 Å². The zero-order valence-corrected chi connectivity index (χ0v) is 36.0. The van der Waals surface area contributed by atoms with Crippen molar-refractivity contribution >= 4 is 15.9 Å². The minimum absolute atomic E-state index is 0.0152. The minimum atomic E-state index is -0.328. The van der Waals surface area contributed by atoms with Crippen molar-refractivity contribution in [3.63, 3.8) is 0 Å². The number of hydrogen-bond acceptors (Lipinski definition) is 2. The molecule has 4 atom stereocenters. The fourth-order valence-corrected chi connectivity index (χ4v) is 29.1. The van der Waals surface area contributed by atoms with Crippen LogP contribution in [0.2, 0.25) is 0 Å². The van der Waals surface area contributed by atoms with Crippen molar-refractivity contribution in [2.75, 3.05) is 0 Å². The van der Waals surface area contributed by atoms with E-state index in [2.05, 4.69) is 130 Å². The second-order valence-electron chi connectivity index (χ2n) is 17.4. The zero-order valence-electron chi connectivity index (χ0n) is 32.8. The van der Waals surface area contributed by atoms with E-state index in [1.165, 1.54) is 83.0 Å². The van der Waals surface area contributed by atoms with Crippen LogP contribution in [0.1, 0.15) is 125 Å². The number of aromatic hydroxyl groups is 2. The van der Waals surface area contributed by atoms with Crippen LogP contribution in [0.4, 0.5) is 0 Å². The molecule has 0 aromatic heterocycles. The van der Waals surface area contributed by atoms with Gasteiger partial charge in [-0.15, -0.1) is 0 Å². The predicted octanol–water partition coefficient (Wildman–Crippen LogP) is 13.5. The van der Waals surface area contributed by atoms with Crippen molar-refractivity contribution in [2.24, 2.45) is 0 Å². The van der Waals surface area contributed by atoms with E-state index in [4.69, 9.17) is 0 Å². The SMILES string of the molecule is Cc1cccc(C)c1-c1cc(C(C)(C)C)cc(C[S]2=[Ti]=[S](Cc3cc(C(C)(C)C)cc(-c4c(C)cccc4C)c3O)[C@H]3CCCCCCC32)c1O. The molecule has 51 heavy (non-hydrogen) atoms. The van der Waals surface area contributed by atoms with E-state index in [1.807, 2.05) is 0 Å². The molecule has 0 saturated heterocycles. The second kappa shape index (κ2) is 15.3. The molecule has 4 aromatic carbocycles. The van der Waals surface area contributed by atoms with Gasteiger partial charge < -0.3 is 0 Å². The second-order valence-corrected chi connectivity index (χ2v) is 28.8. The van der Waals surface area contributed by atoms with E-state index >= 15 is 0 Å². The van der Waals surface area contributed by atoms with Gasteiger partial charge in [0.15, 0.2) is 0 Å². The first-order valence-corrected chi connectivity index (χ1v) is 25.8. The number of aryl methyl sites for hydroxylation is 4. The summed E-state index contributed by atoms with van der Waals surface area (Å²) in [6.45, 7) is 22.5. The molecule has 272 valence electrons. The van der Waals surface area contributed by atoms with Crippen molar-refractivity contribution in [1.29, 1.82) is 0 Å². The Bertz CT molecular complexity index is 1850. The number of phenols is 2. The van der Waals surface area contributed by atoms with E-state index < -0.39 is 0 Å². The molecule has 0 spiro atoms. The molecule has 2 aliphatic rings. The van der Waals surface area contributed by atoms with Crippen LogP contribution < -0.4 is 0 Å². The third-order valence-electron chi connectivity index (χ3n) is 11.3. The first kappa shape index (κ1) is 38.6. The summed E-state index contributed by atoms with van der Waals surface area (Å²) in [5.41, 5.74) is 14.2. The molecule has 6 rings (SSSR count). The van der Waals surface area contributed by atoms with Crippen LogP contribution >= 0.6 is 15.9 Å². The van der Waals surface area contributed by atoms with Crippen molar-refractivity contribution in [1.82, 2.24) is 0 Å². The molecule has 4 aromatic rings. The predicted molar refractivity (Wildman–Crippen MR) is 221 cm³/mol. The van der Waals surface area contributed by atoms with Crippen molar-refractivity contribution in [3.05, 3.63) is 105 Å². The molecule has 2 nitrogen and oxygen atoms in total. The maximum absolute atomic E-state index is 12.2. The molecule has 1 saturated carbocycles. The number of hydrogen-bond donors (Lipinski definition) is 2. The molecule has 1 aliphatic carbocycles. The molecule has 1 heterocycles. The Morgan fingerprint density at radius 1 is 0.569 bits per heavy atom. The molecule has 3 unspecified atom stereocenters. The molecule has 0 radical (unpaired) electrons. The summed E-state index contributed by atoms with van der Waals surface area (Å²) in [4.78, 5) is 0. The van der Waals surface area contributed by atoms with Crippen LogP contribution in [0.3, 0.4) is 0 Å². The Hall–Kier alpha value is -2.11. The number of fused-ring (bicyclic) bond motifs is 1. The van der Waals surface area contributed by atoms with Gasteiger partial charge in [-0.3, -0.25) is 0 Å². The van der Waals surface area contributed by atoms with E-state index in [0.29, 0.717) is 11.5 Å². The first-order chi connectivity index (χ1) is 24.0. The van der Waals surface area contributed by atoms with Crippen LogP contribution in [-0.2, 0) is 37.8 Å². The number of rotatable bonds is 6. The van der Waals surface area contributed by atoms with Gasteiger partial charge in [0.2, 0.25) is 0 Å². The van der Waals surface area contributed by atoms with Crippen molar-refractivity contribution in [3.8, 4) is 33.8 Å². The molecule has 2 N–H and O–H groups in total. The number of benzene rings is 4. The van der Waals surface area contributed by atoms with Crippen LogP contribution in [0.15, 0.2) is 60.7 Å². The number of phenolic OH excluding ortho intramolecular Hbond substituents is 2. The summed E-state index contributed by atoms with van der Waals surface area (Å²) < 4.78 is 0. The average Bonchev–Trinajstić information content (AvgIpc) is 3.32. The van der Waals surface area contributed by atoms with Gasteiger partial charge in [0.1, 0.15) is 0 Å². The van der Waals surface area contributed by atoms with E-state index in [-0.39, 0.29) is 42.2 Å². The Labute approximate surface area is 319 Å². The fourth-order valence-electron chi connectivity index (χ4n) is 8.27. The van der Waals surface area contributed by atoms with Crippen LogP contribution in [0.5, 0.6) is 11.5 Å². The van der Waals surface area contributed by atoms with E-state index in [9.17, 15) is 10.2 Å². The van der Waals surface area contributed by atoms with Gasteiger partial charge in [-0.2, -0.15) is 0 Å². The molecule has 1 aliphatic heterocycles. The van der Waals surface area contributed by atoms with Crippen LogP contribution in [-0.4, -0.2) is 20.7 Å². The first-order valence-electron chi connectivity index (χ1n) is 19.1. The fraction of sp³-hybridized carbons (Fsp3) is 0.478. The standard InChI is InChI=1S/C46H60O2S2.Ti/c1-29-17-15-18-30(2)41(29)37-25-35(45(5,6)7)23-33(43(37)47)27-49-39-21-13-11-12-14-22-40(39)50-28-34-24-36(46(8,9)10)26-38(44(34)48)42-31(3)19-16-20-32(42)4;/h15-20,23-26,39-40,47-48H,11-14,21-22,27-28H2,1-10H3;/t39-,40?;/m0./s1. The van der Waals surface area contributed by atoms with Gasteiger partial charge in [-0.25, -0.2) is 0 Å². The third-order valence-corrected chi connectivity index (χ3v) is 27.2. The molecule has 5 heteroatoms. The maximum atomic E-state index is 12.2. The summed E-state index contributed by atoms with van der Waals surface area (Å²) in [7, 11) is 0.560. The normalized spacial score (nSPS) is 21.0. The summed E-state index contributed by atoms with van der Waals surface area (Å²) in [5, 5.41) is 25.8. The van der Waals surface area contributed by atoms with Gasteiger partial charge in [-0.05, 0) is 0 Å². The van der Waals surface area contributed by atoms with Gasteiger partial charge in [-0.1, -0.05) is 0 Å². The van der Waals surface area contributed by atoms with E-state index in [0.717, 1.165) is 44.3 Å². The summed E-state index contributed by atoms with van der Waals surface area (Å²) in [6, 6.07) is 22.2. The summed E-state index contributed by atoms with van der Waals surface area (Å²) in [6.07, 6.45) is 8.01. The summed E-state index contributed by atoms with van der Waals surface area (Å²) >= 11 is -0.328. The Balaban J connectivity index is 1.50. The van der Waals surface area contributed by atoms with Gasteiger partial charge in [0.25, 0.3) is 0 Å². The summed E-state index contributed by atoms with van der Waals surface area (Å²) in [5.74, 6) is 3.00. The zero-order chi connectivity index (χ0) is 36.8. The molecule has 0 bridgehead atoms. The topological polar surface area (TPSA) is 40.5 Å². The molecule has 1 fully saturated rings. The molecule has 0 amide bonds. The monoisotopic (exact) mass is 756 g/mol. The van der Waals surface area contributed by atoms with Crippen LogP contribution in [0, 0.1) is 27.7 Å².